The van der Waals surface area contributed by atoms with Gasteiger partial charge < -0.3 is 5.73 Å². The molecule has 0 aliphatic heterocycles. The topological polar surface area (TPSA) is 43.8 Å². The van der Waals surface area contributed by atoms with Gasteiger partial charge in [0.25, 0.3) is 0 Å². The first-order chi connectivity index (χ1) is 6.19. The van der Waals surface area contributed by atoms with Crippen molar-refractivity contribution in [2.45, 2.75) is 39.7 Å². The van der Waals surface area contributed by atoms with E-state index in [1.807, 2.05) is 11.6 Å². The van der Waals surface area contributed by atoms with E-state index in [-0.39, 0.29) is 0 Å². The van der Waals surface area contributed by atoms with Gasteiger partial charge in [0.05, 0.1) is 5.69 Å². The average molecular weight is 181 g/mol. The Kier molecular flexibility index (Phi) is 3.48. The molecule has 0 amide bonds. The van der Waals surface area contributed by atoms with Crippen molar-refractivity contribution in [2.75, 3.05) is 6.54 Å². The van der Waals surface area contributed by atoms with E-state index in [0.717, 1.165) is 18.7 Å². The molecule has 1 rings (SSSR count). The van der Waals surface area contributed by atoms with Crippen LogP contribution in [0.5, 0.6) is 0 Å². The number of nitrogens with zero attached hydrogens (tertiary/aromatic N) is 2. The molecule has 0 aliphatic carbocycles. The SMILES string of the molecule is CCCn1cc(C(C)CN)c(C)n1. The molecule has 1 unspecified atom stereocenters. The van der Waals surface area contributed by atoms with Crippen molar-refractivity contribution in [1.82, 2.24) is 9.78 Å². The molecule has 3 heteroatoms. The van der Waals surface area contributed by atoms with E-state index in [9.17, 15) is 0 Å². The molecule has 0 saturated heterocycles. The van der Waals surface area contributed by atoms with E-state index in [1.54, 1.807) is 0 Å². The summed E-state index contributed by atoms with van der Waals surface area (Å²) in [6.45, 7) is 8.04. The zero-order valence-corrected chi connectivity index (χ0v) is 8.75. The molecule has 1 atom stereocenters. The van der Waals surface area contributed by atoms with Crippen LogP contribution in [0.2, 0.25) is 0 Å². The molecular formula is C10H19N3. The predicted octanol–water partition coefficient (Wildman–Crippen LogP) is 1.66. The summed E-state index contributed by atoms with van der Waals surface area (Å²) in [6, 6.07) is 0. The Morgan fingerprint density at radius 2 is 2.31 bits per heavy atom. The molecule has 1 aromatic rings. The fraction of sp³-hybridized carbons (Fsp3) is 0.700. The highest BCUT2D eigenvalue weighted by molar-refractivity contribution is 5.20. The van der Waals surface area contributed by atoms with Crippen molar-refractivity contribution in [3.8, 4) is 0 Å². The summed E-state index contributed by atoms with van der Waals surface area (Å²) >= 11 is 0. The first-order valence-electron chi connectivity index (χ1n) is 4.93. The first kappa shape index (κ1) is 10.3. The minimum Gasteiger partial charge on any atom is -0.330 e. The molecule has 1 aromatic heterocycles. The minimum absolute atomic E-state index is 0.422. The summed E-state index contributed by atoms with van der Waals surface area (Å²) in [7, 11) is 0. The molecule has 2 N–H and O–H groups in total. The summed E-state index contributed by atoms with van der Waals surface area (Å²) in [4.78, 5) is 0. The lowest BCUT2D eigenvalue weighted by Crippen LogP contribution is -2.09. The molecule has 13 heavy (non-hydrogen) atoms. The van der Waals surface area contributed by atoms with Gasteiger partial charge in [-0.1, -0.05) is 13.8 Å². The second-order valence-electron chi connectivity index (χ2n) is 3.57. The van der Waals surface area contributed by atoms with Gasteiger partial charge in [-0.2, -0.15) is 5.10 Å². The molecule has 1 heterocycles. The van der Waals surface area contributed by atoms with Gasteiger partial charge in [0.2, 0.25) is 0 Å². The first-order valence-corrected chi connectivity index (χ1v) is 4.93. The van der Waals surface area contributed by atoms with Crippen LogP contribution in [-0.2, 0) is 6.54 Å². The molecule has 0 radical (unpaired) electrons. The van der Waals surface area contributed by atoms with E-state index in [2.05, 4.69) is 25.1 Å². The van der Waals surface area contributed by atoms with E-state index in [4.69, 9.17) is 5.73 Å². The van der Waals surface area contributed by atoms with Gasteiger partial charge in [-0.3, -0.25) is 4.68 Å². The quantitative estimate of drug-likeness (QED) is 0.767. The van der Waals surface area contributed by atoms with Gasteiger partial charge in [-0.05, 0) is 31.4 Å². The standard InChI is InChI=1S/C10H19N3/c1-4-5-13-7-10(8(2)6-11)9(3)12-13/h7-8H,4-6,11H2,1-3H3. The fourth-order valence-corrected chi connectivity index (χ4v) is 1.49. The Balaban J connectivity index is 2.82. The maximum atomic E-state index is 5.62. The van der Waals surface area contributed by atoms with Crippen molar-refractivity contribution in [1.29, 1.82) is 0 Å². The molecule has 0 aliphatic rings. The van der Waals surface area contributed by atoms with Crippen LogP contribution in [0.3, 0.4) is 0 Å². The van der Waals surface area contributed by atoms with Gasteiger partial charge in [-0.15, -0.1) is 0 Å². The van der Waals surface area contributed by atoms with E-state index in [1.165, 1.54) is 5.56 Å². The second kappa shape index (κ2) is 4.42. The van der Waals surface area contributed by atoms with Crippen molar-refractivity contribution < 1.29 is 0 Å². The molecule has 0 saturated carbocycles. The Hall–Kier alpha value is -0.830. The maximum Gasteiger partial charge on any atom is 0.0628 e. The highest BCUT2D eigenvalue weighted by atomic mass is 15.3. The van der Waals surface area contributed by atoms with Crippen LogP contribution in [0.15, 0.2) is 6.20 Å². The van der Waals surface area contributed by atoms with Crippen LogP contribution in [0.1, 0.15) is 37.4 Å². The molecule has 0 fully saturated rings. The monoisotopic (exact) mass is 181 g/mol. The Morgan fingerprint density at radius 1 is 1.62 bits per heavy atom. The number of nitrogens with two attached hydrogens (primary N) is 1. The highest BCUT2D eigenvalue weighted by Crippen LogP contribution is 2.16. The molecule has 3 nitrogen and oxygen atoms in total. The van der Waals surface area contributed by atoms with E-state index in [0.29, 0.717) is 12.5 Å². The van der Waals surface area contributed by atoms with Gasteiger partial charge in [0.1, 0.15) is 0 Å². The van der Waals surface area contributed by atoms with Crippen molar-refractivity contribution >= 4 is 0 Å². The lowest BCUT2D eigenvalue weighted by Gasteiger charge is -2.05. The third kappa shape index (κ3) is 2.31. The van der Waals surface area contributed by atoms with Crippen LogP contribution in [-0.4, -0.2) is 16.3 Å². The zero-order chi connectivity index (χ0) is 9.84. The average Bonchev–Trinajstić information content (AvgIpc) is 2.46. The lowest BCUT2D eigenvalue weighted by molar-refractivity contribution is 0.597. The van der Waals surface area contributed by atoms with E-state index < -0.39 is 0 Å². The lowest BCUT2D eigenvalue weighted by atomic mass is 10.0. The fourth-order valence-electron chi connectivity index (χ4n) is 1.49. The van der Waals surface area contributed by atoms with Crippen LogP contribution in [0, 0.1) is 6.92 Å². The molecular weight excluding hydrogens is 162 g/mol. The largest absolute Gasteiger partial charge is 0.330 e. The number of hydrogen-bond acceptors (Lipinski definition) is 2. The van der Waals surface area contributed by atoms with Crippen molar-refractivity contribution in [3.63, 3.8) is 0 Å². The predicted molar refractivity (Wildman–Crippen MR) is 54.7 cm³/mol. The Labute approximate surface area is 79.9 Å². The van der Waals surface area contributed by atoms with E-state index >= 15 is 0 Å². The summed E-state index contributed by atoms with van der Waals surface area (Å²) in [5.41, 5.74) is 8.02. The second-order valence-corrected chi connectivity index (χ2v) is 3.57. The van der Waals surface area contributed by atoms with Crippen LogP contribution < -0.4 is 5.73 Å². The summed E-state index contributed by atoms with van der Waals surface area (Å²) in [6.07, 6.45) is 3.24. The number of rotatable bonds is 4. The van der Waals surface area contributed by atoms with Crippen molar-refractivity contribution in [3.05, 3.63) is 17.5 Å². The smallest absolute Gasteiger partial charge is 0.0628 e. The highest BCUT2D eigenvalue weighted by Gasteiger charge is 2.10. The zero-order valence-electron chi connectivity index (χ0n) is 8.75. The van der Waals surface area contributed by atoms with Crippen LogP contribution in [0.4, 0.5) is 0 Å². The number of hydrogen-bond donors (Lipinski definition) is 1. The Bertz CT molecular complexity index is 265. The molecule has 0 aromatic carbocycles. The van der Waals surface area contributed by atoms with Gasteiger partial charge in [-0.25, -0.2) is 0 Å². The van der Waals surface area contributed by atoms with Gasteiger partial charge >= 0.3 is 0 Å². The molecule has 0 spiro atoms. The molecule has 74 valence electrons. The third-order valence-electron chi connectivity index (χ3n) is 2.32. The van der Waals surface area contributed by atoms with Crippen LogP contribution >= 0.6 is 0 Å². The van der Waals surface area contributed by atoms with Crippen LogP contribution in [0.25, 0.3) is 0 Å². The molecule has 0 bridgehead atoms. The number of aryl methyl sites for hydroxylation is 2. The number of aromatic nitrogens is 2. The third-order valence-corrected chi connectivity index (χ3v) is 2.32. The minimum atomic E-state index is 0.422. The van der Waals surface area contributed by atoms with Gasteiger partial charge in [0.15, 0.2) is 0 Å². The maximum absolute atomic E-state index is 5.62. The van der Waals surface area contributed by atoms with Crippen molar-refractivity contribution in [2.24, 2.45) is 5.73 Å². The normalized spacial score (nSPS) is 13.2. The van der Waals surface area contributed by atoms with Gasteiger partial charge in [0, 0.05) is 12.7 Å². The summed E-state index contributed by atoms with van der Waals surface area (Å²) < 4.78 is 2.01. The Morgan fingerprint density at radius 3 is 2.85 bits per heavy atom. The summed E-state index contributed by atoms with van der Waals surface area (Å²) in [5.74, 6) is 0.422. The summed E-state index contributed by atoms with van der Waals surface area (Å²) in [5, 5.41) is 4.43.